The highest BCUT2D eigenvalue weighted by Gasteiger charge is 2.12. The van der Waals surface area contributed by atoms with E-state index in [-0.39, 0.29) is 12.3 Å². The highest BCUT2D eigenvalue weighted by Crippen LogP contribution is 2.35. The summed E-state index contributed by atoms with van der Waals surface area (Å²) < 4.78 is 16.7. The van der Waals surface area contributed by atoms with Crippen LogP contribution in [-0.2, 0) is 16.0 Å². The van der Waals surface area contributed by atoms with E-state index in [1.165, 1.54) is 0 Å². The second-order valence-electron chi connectivity index (χ2n) is 6.48. The molecule has 154 valence electrons. The molecule has 2 aromatic rings. The van der Waals surface area contributed by atoms with Crippen LogP contribution >= 0.6 is 15.9 Å². The van der Waals surface area contributed by atoms with Gasteiger partial charge in [-0.15, -0.1) is 0 Å². The number of hydrogen-bond acceptors (Lipinski definition) is 6. The summed E-state index contributed by atoms with van der Waals surface area (Å²) in [5, 5.41) is 4.04. The molecule has 2 aromatic carbocycles. The van der Waals surface area contributed by atoms with Gasteiger partial charge < -0.3 is 19.1 Å². The van der Waals surface area contributed by atoms with Crippen molar-refractivity contribution in [2.24, 2.45) is 5.10 Å². The molecule has 0 saturated carbocycles. The van der Waals surface area contributed by atoms with Crippen LogP contribution in [0.15, 0.2) is 46.0 Å². The zero-order chi connectivity index (χ0) is 20.6. The first-order valence-electron chi connectivity index (χ1n) is 9.25. The molecule has 0 atom stereocenters. The summed E-state index contributed by atoms with van der Waals surface area (Å²) in [7, 11) is 3.15. The Morgan fingerprint density at radius 1 is 1.17 bits per heavy atom. The third-order valence-electron chi connectivity index (χ3n) is 4.55. The van der Waals surface area contributed by atoms with Crippen molar-refractivity contribution in [3.8, 4) is 11.5 Å². The van der Waals surface area contributed by atoms with E-state index in [2.05, 4.69) is 31.4 Å². The van der Waals surface area contributed by atoms with E-state index in [1.807, 2.05) is 24.3 Å². The summed E-state index contributed by atoms with van der Waals surface area (Å²) in [6.45, 7) is 3.27. The Morgan fingerprint density at radius 3 is 2.38 bits per heavy atom. The number of rotatable bonds is 7. The second-order valence-corrected chi connectivity index (χ2v) is 7.27. The minimum atomic E-state index is -0.184. The molecule has 0 radical (unpaired) electrons. The number of hydrogen-bond donors (Lipinski definition) is 1. The number of anilines is 1. The topological polar surface area (TPSA) is 72.4 Å². The van der Waals surface area contributed by atoms with E-state index >= 15 is 0 Å². The minimum Gasteiger partial charge on any atom is -0.495 e. The maximum absolute atomic E-state index is 12.2. The van der Waals surface area contributed by atoms with Gasteiger partial charge in [0.1, 0.15) is 16.0 Å². The van der Waals surface area contributed by atoms with Crippen LogP contribution in [0.25, 0.3) is 0 Å². The van der Waals surface area contributed by atoms with Gasteiger partial charge in [0.2, 0.25) is 5.91 Å². The van der Waals surface area contributed by atoms with Gasteiger partial charge in [0.05, 0.1) is 40.1 Å². The van der Waals surface area contributed by atoms with Crippen LogP contribution < -0.4 is 19.8 Å². The number of carbonyl (C=O) groups is 1. The SMILES string of the molecule is COc1cc(/C=N/NC(=O)Cc2ccc(N3CCOCC3)cc2)cc(OC)c1Br. The van der Waals surface area contributed by atoms with Crippen molar-refractivity contribution in [1.82, 2.24) is 5.43 Å². The molecule has 1 N–H and O–H groups in total. The molecule has 8 heteroatoms. The Hall–Kier alpha value is -2.58. The molecule has 3 rings (SSSR count). The predicted molar refractivity (Wildman–Crippen MR) is 116 cm³/mol. The number of morpholine rings is 1. The maximum Gasteiger partial charge on any atom is 0.244 e. The van der Waals surface area contributed by atoms with Crippen molar-refractivity contribution in [1.29, 1.82) is 0 Å². The summed E-state index contributed by atoms with van der Waals surface area (Å²) in [4.78, 5) is 14.5. The Balaban J connectivity index is 1.55. The molecule has 1 saturated heterocycles. The molecule has 1 aliphatic heterocycles. The Kier molecular flexibility index (Phi) is 7.48. The fourth-order valence-corrected chi connectivity index (χ4v) is 3.57. The Bertz CT molecular complexity index is 840. The predicted octanol–water partition coefficient (Wildman–Crippen LogP) is 3.00. The lowest BCUT2D eigenvalue weighted by molar-refractivity contribution is -0.120. The van der Waals surface area contributed by atoms with Crippen LogP contribution in [0.1, 0.15) is 11.1 Å². The minimum absolute atomic E-state index is 0.184. The zero-order valence-electron chi connectivity index (χ0n) is 16.5. The van der Waals surface area contributed by atoms with Crippen molar-refractivity contribution in [2.45, 2.75) is 6.42 Å². The molecule has 1 aliphatic rings. The van der Waals surface area contributed by atoms with Crippen molar-refractivity contribution >= 4 is 33.7 Å². The molecular weight excluding hydrogens is 438 g/mol. The molecule has 0 bridgehead atoms. The van der Waals surface area contributed by atoms with Gasteiger partial charge in [0, 0.05) is 24.3 Å². The number of methoxy groups -OCH3 is 2. The van der Waals surface area contributed by atoms with Gasteiger partial charge in [0.25, 0.3) is 0 Å². The molecule has 0 aromatic heterocycles. The number of nitrogens with zero attached hydrogens (tertiary/aromatic N) is 2. The molecule has 29 heavy (non-hydrogen) atoms. The van der Waals surface area contributed by atoms with Crippen LogP contribution in [0.4, 0.5) is 5.69 Å². The van der Waals surface area contributed by atoms with E-state index in [4.69, 9.17) is 14.2 Å². The van der Waals surface area contributed by atoms with Crippen molar-refractivity contribution in [3.63, 3.8) is 0 Å². The van der Waals surface area contributed by atoms with Crippen molar-refractivity contribution in [3.05, 3.63) is 52.0 Å². The van der Waals surface area contributed by atoms with E-state index in [9.17, 15) is 4.79 Å². The standard InChI is InChI=1S/C21H24BrN3O4/c1-27-18-11-16(12-19(28-2)21(18)22)14-23-24-20(26)13-15-3-5-17(6-4-15)25-7-9-29-10-8-25/h3-6,11-12,14H,7-10,13H2,1-2H3,(H,24,26)/b23-14+. The molecule has 1 fully saturated rings. The summed E-state index contributed by atoms with van der Waals surface area (Å²) in [5.41, 5.74) is 5.38. The normalized spacial score (nSPS) is 14.1. The van der Waals surface area contributed by atoms with Gasteiger partial charge in [-0.05, 0) is 45.8 Å². The molecule has 0 unspecified atom stereocenters. The fourth-order valence-electron chi connectivity index (χ4n) is 3.01. The number of hydrazone groups is 1. The van der Waals surface area contributed by atoms with Crippen LogP contribution in [0.5, 0.6) is 11.5 Å². The number of nitrogens with one attached hydrogen (secondary N) is 1. The molecule has 1 amide bonds. The fraction of sp³-hybridized carbons (Fsp3) is 0.333. The van der Waals surface area contributed by atoms with E-state index in [0.29, 0.717) is 11.5 Å². The molecule has 0 spiro atoms. The summed E-state index contributed by atoms with van der Waals surface area (Å²) in [6.07, 6.45) is 1.81. The van der Waals surface area contributed by atoms with Crippen LogP contribution in [-0.4, -0.2) is 52.6 Å². The van der Waals surface area contributed by atoms with E-state index in [0.717, 1.165) is 47.6 Å². The molecule has 1 heterocycles. The Morgan fingerprint density at radius 2 is 1.79 bits per heavy atom. The zero-order valence-corrected chi connectivity index (χ0v) is 18.1. The summed E-state index contributed by atoms with van der Waals surface area (Å²) in [6, 6.07) is 11.6. The first-order chi connectivity index (χ1) is 14.1. The lowest BCUT2D eigenvalue weighted by Gasteiger charge is -2.28. The quantitative estimate of drug-likeness (QED) is 0.506. The number of ether oxygens (including phenoxy) is 3. The van der Waals surface area contributed by atoms with Gasteiger partial charge in [-0.25, -0.2) is 5.43 Å². The summed E-state index contributed by atoms with van der Waals surface area (Å²) in [5.74, 6) is 1.06. The highest BCUT2D eigenvalue weighted by molar-refractivity contribution is 9.10. The van der Waals surface area contributed by atoms with Crippen LogP contribution in [0, 0.1) is 0 Å². The lowest BCUT2D eigenvalue weighted by atomic mass is 10.1. The first kappa shape index (κ1) is 21.1. The average Bonchev–Trinajstić information content (AvgIpc) is 2.75. The van der Waals surface area contributed by atoms with E-state index in [1.54, 1.807) is 32.6 Å². The van der Waals surface area contributed by atoms with Gasteiger partial charge in [-0.3, -0.25) is 4.79 Å². The monoisotopic (exact) mass is 461 g/mol. The Labute approximate surface area is 178 Å². The van der Waals surface area contributed by atoms with Crippen molar-refractivity contribution < 1.29 is 19.0 Å². The lowest BCUT2D eigenvalue weighted by Crippen LogP contribution is -2.36. The largest absolute Gasteiger partial charge is 0.495 e. The van der Waals surface area contributed by atoms with Crippen LogP contribution in [0.2, 0.25) is 0 Å². The number of amides is 1. The second kappa shape index (κ2) is 10.3. The maximum atomic E-state index is 12.2. The van der Waals surface area contributed by atoms with Gasteiger partial charge >= 0.3 is 0 Å². The number of halogens is 1. The smallest absolute Gasteiger partial charge is 0.244 e. The third kappa shape index (κ3) is 5.71. The third-order valence-corrected chi connectivity index (χ3v) is 5.33. The van der Waals surface area contributed by atoms with E-state index < -0.39 is 0 Å². The average molecular weight is 462 g/mol. The van der Waals surface area contributed by atoms with Gasteiger partial charge in [0.15, 0.2) is 0 Å². The molecule has 0 aliphatic carbocycles. The first-order valence-corrected chi connectivity index (χ1v) is 10.0. The molecule has 7 nitrogen and oxygen atoms in total. The summed E-state index contributed by atoms with van der Waals surface area (Å²) >= 11 is 3.42. The van der Waals surface area contributed by atoms with Gasteiger partial charge in [-0.1, -0.05) is 12.1 Å². The number of carbonyl (C=O) groups excluding carboxylic acids is 1. The van der Waals surface area contributed by atoms with Crippen LogP contribution in [0.3, 0.4) is 0 Å². The number of benzene rings is 2. The van der Waals surface area contributed by atoms with Gasteiger partial charge in [-0.2, -0.15) is 5.10 Å². The molecular formula is C21H24BrN3O4. The van der Waals surface area contributed by atoms with Crippen molar-refractivity contribution in [2.75, 3.05) is 45.4 Å². The highest BCUT2D eigenvalue weighted by atomic mass is 79.9.